The molecule has 122 valence electrons. The van der Waals surface area contributed by atoms with Gasteiger partial charge in [-0.1, -0.05) is 13.8 Å². The van der Waals surface area contributed by atoms with Crippen molar-refractivity contribution in [2.75, 3.05) is 38.5 Å². The van der Waals surface area contributed by atoms with Crippen LogP contribution in [-0.4, -0.2) is 68.0 Å². The molecule has 0 spiro atoms. The Morgan fingerprint density at radius 3 is 2.76 bits per heavy atom. The molecule has 2 aliphatic rings. The van der Waals surface area contributed by atoms with Crippen LogP contribution in [0.25, 0.3) is 0 Å². The van der Waals surface area contributed by atoms with Crippen molar-refractivity contribution in [3.8, 4) is 0 Å². The number of carbonyl (C=O) groups excluding carboxylic acids is 1. The Labute approximate surface area is 127 Å². The van der Waals surface area contributed by atoms with E-state index in [1.54, 1.807) is 4.31 Å². The van der Waals surface area contributed by atoms with Gasteiger partial charge in [0.15, 0.2) is 0 Å². The first-order chi connectivity index (χ1) is 9.90. The summed E-state index contributed by atoms with van der Waals surface area (Å²) in [5.41, 5.74) is 0. The van der Waals surface area contributed by atoms with Crippen LogP contribution in [0.1, 0.15) is 33.1 Å². The molecule has 0 aromatic rings. The van der Waals surface area contributed by atoms with Gasteiger partial charge in [0.1, 0.15) is 0 Å². The molecule has 0 bridgehead atoms. The second kappa shape index (κ2) is 7.07. The monoisotopic (exact) mass is 317 g/mol. The Morgan fingerprint density at radius 2 is 2.10 bits per heavy atom. The predicted molar refractivity (Wildman–Crippen MR) is 82.4 cm³/mol. The molecule has 0 saturated carbocycles. The smallest absolute Gasteiger partial charge is 0.236 e. The first-order valence-electron chi connectivity index (χ1n) is 7.88. The average Bonchev–Trinajstić information content (AvgIpc) is 2.46. The van der Waals surface area contributed by atoms with Gasteiger partial charge < -0.3 is 10.2 Å². The molecule has 2 aliphatic heterocycles. The number of piperazine rings is 1. The van der Waals surface area contributed by atoms with Gasteiger partial charge in [-0.3, -0.25) is 4.79 Å². The van der Waals surface area contributed by atoms with Crippen LogP contribution in [-0.2, 0) is 14.8 Å². The number of hydrogen-bond donors (Lipinski definition) is 1. The van der Waals surface area contributed by atoms with E-state index in [9.17, 15) is 13.2 Å². The fraction of sp³-hybridized carbons (Fsp3) is 0.929. The molecule has 1 amide bonds. The first-order valence-corrected chi connectivity index (χ1v) is 9.49. The molecule has 2 saturated heterocycles. The third-order valence-corrected chi connectivity index (χ3v) is 6.14. The van der Waals surface area contributed by atoms with E-state index in [2.05, 4.69) is 5.32 Å². The predicted octanol–water partition coefficient (Wildman–Crippen LogP) is 0.259. The van der Waals surface area contributed by atoms with E-state index >= 15 is 0 Å². The van der Waals surface area contributed by atoms with Gasteiger partial charge in [-0.2, -0.15) is 4.31 Å². The van der Waals surface area contributed by atoms with Gasteiger partial charge >= 0.3 is 0 Å². The largest absolute Gasteiger partial charge is 0.336 e. The number of nitrogens with zero attached hydrogens (tertiary/aromatic N) is 2. The zero-order chi connectivity index (χ0) is 15.5. The number of amides is 1. The van der Waals surface area contributed by atoms with Crippen molar-refractivity contribution < 1.29 is 13.2 Å². The molecule has 6 nitrogen and oxygen atoms in total. The zero-order valence-corrected chi connectivity index (χ0v) is 13.9. The zero-order valence-electron chi connectivity index (χ0n) is 13.0. The van der Waals surface area contributed by atoms with Gasteiger partial charge in [-0.15, -0.1) is 0 Å². The molecule has 0 aliphatic carbocycles. The Hall–Kier alpha value is -0.660. The van der Waals surface area contributed by atoms with Gasteiger partial charge in [-0.05, 0) is 25.2 Å². The highest BCUT2D eigenvalue weighted by molar-refractivity contribution is 7.89. The first kappa shape index (κ1) is 16.7. The minimum atomic E-state index is -3.19. The van der Waals surface area contributed by atoms with Crippen molar-refractivity contribution >= 4 is 15.9 Å². The van der Waals surface area contributed by atoms with Crippen LogP contribution in [0.4, 0.5) is 0 Å². The van der Waals surface area contributed by atoms with Crippen LogP contribution in [0.3, 0.4) is 0 Å². The van der Waals surface area contributed by atoms with Gasteiger partial charge in [0.2, 0.25) is 15.9 Å². The van der Waals surface area contributed by atoms with Crippen molar-refractivity contribution in [2.24, 2.45) is 5.92 Å². The van der Waals surface area contributed by atoms with Gasteiger partial charge in [0, 0.05) is 32.2 Å². The number of rotatable bonds is 5. The number of piperidine rings is 1. The summed E-state index contributed by atoms with van der Waals surface area (Å²) in [5, 5.41) is 3.05. The summed E-state index contributed by atoms with van der Waals surface area (Å²) in [5.74, 6) is 0.690. The summed E-state index contributed by atoms with van der Waals surface area (Å²) in [6, 6.07) is 0.0437. The molecule has 0 radical (unpaired) electrons. The third kappa shape index (κ3) is 4.40. The topological polar surface area (TPSA) is 69.7 Å². The molecule has 2 rings (SSSR count). The van der Waals surface area contributed by atoms with Crippen molar-refractivity contribution in [1.82, 2.24) is 14.5 Å². The Bertz CT molecular complexity index is 464. The van der Waals surface area contributed by atoms with E-state index in [1.807, 2.05) is 18.7 Å². The summed E-state index contributed by atoms with van der Waals surface area (Å²) < 4.78 is 26.4. The molecule has 2 fully saturated rings. The lowest BCUT2D eigenvalue weighted by Crippen LogP contribution is -2.57. The Morgan fingerprint density at radius 1 is 1.33 bits per heavy atom. The second-order valence-corrected chi connectivity index (χ2v) is 8.50. The molecule has 21 heavy (non-hydrogen) atoms. The Balaban J connectivity index is 1.98. The average molecular weight is 317 g/mol. The highest BCUT2D eigenvalue weighted by atomic mass is 32.2. The maximum Gasteiger partial charge on any atom is 0.236 e. The van der Waals surface area contributed by atoms with Crippen LogP contribution in [0.5, 0.6) is 0 Å². The summed E-state index contributed by atoms with van der Waals surface area (Å²) >= 11 is 0. The number of hydrogen-bond acceptors (Lipinski definition) is 4. The fourth-order valence-corrected chi connectivity index (χ4v) is 4.78. The molecule has 1 N–H and O–H groups in total. The molecule has 7 heteroatoms. The maximum absolute atomic E-state index is 12.4. The van der Waals surface area contributed by atoms with E-state index in [1.165, 1.54) is 0 Å². The molecular formula is C14H27N3O3S. The number of sulfonamides is 1. The molecule has 1 unspecified atom stereocenters. The van der Waals surface area contributed by atoms with Crippen LogP contribution < -0.4 is 5.32 Å². The third-order valence-electron chi connectivity index (χ3n) is 4.27. The standard InChI is InChI=1S/C14H27N3O3S/c1-12(2)5-9-21(19,20)16-7-3-4-13(11-16)17-8-6-15-10-14(17)18/h12-13,15H,3-11H2,1-2H3. The summed E-state index contributed by atoms with van der Waals surface area (Å²) in [6.45, 7) is 6.98. The van der Waals surface area contributed by atoms with Crippen LogP contribution in [0.15, 0.2) is 0 Å². The van der Waals surface area contributed by atoms with E-state index in [-0.39, 0.29) is 17.7 Å². The summed E-state index contributed by atoms with van der Waals surface area (Å²) in [6.07, 6.45) is 2.43. The molecule has 0 aromatic carbocycles. The lowest BCUT2D eigenvalue weighted by molar-refractivity contribution is -0.135. The highest BCUT2D eigenvalue weighted by Crippen LogP contribution is 2.20. The van der Waals surface area contributed by atoms with Gasteiger partial charge in [-0.25, -0.2) is 8.42 Å². The van der Waals surface area contributed by atoms with E-state index in [4.69, 9.17) is 0 Å². The quantitative estimate of drug-likeness (QED) is 0.789. The van der Waals surface area contributed by atoms with Crippen LogP contribution >= 0.6 is 0 Å². The molecular weight excluding hydrogens is 290 g/mol. The normalized spacial score (nSPS) is 25.6. The van der Waals surface area contributed by atoms with Crippen molar-refractivity contribution in [1.29, 1.82) is 0 Å². The maximum atomic E-state index is 12.4. The van der Waals surface area contributed by atoms with Crippen molar-refractivity contribution in [2.45, 2.75) is 39.2 Å². The highest BCUT2D eigenvalue weighted by Gasteiger charge is 2.34. The number of nitrogens with one attached hydrogen (secondary N) is 1. The van der Waals surface area contributed by atoms with Crippen LogP contribution in [0.2, 0.25) is 0 Å². The van der Waals surface area contributed by atoms with E-state index in [0.717, 1.165) is 19.4 Å². The van der Waals surface area contributed by atoms with E-state index in [0.29, 0.717) is 38.5 Å². The SMILES string of the molecule is CC(C)CCS(=O)(=O)N1CCCC(N2CCNCC2=O)C1. The number of carbonyl (C=O) groups is 1. The minimum Gasteiger partial charge on any atom is -0.336 e. The summed E-state index contributed by atoms with van der Waals surface area (Å²) in [4.78, 5) is 13.8. The van der Waals surface area contributed by atoms with Crippen LogP contribution in [0, 0.1) is 5.92 Å². The molecule has 1 atom stereocenters. The lowest BCUT2D eigenvalue weighted by Gasteiger charge is -2.40. The minimum absolute atomic E-state index is 0.0437. The fourth-order valence-electron chi connectivity index (χ4n) is 2.95. The molecule has 0 aromatic heterocycles. The summed E-state index contributed by atoms with van der Waals surface area (Å²) in [7, 11) is -3.19. The Kier molecular flexibility index (Phi) is 5.62. The lowest BCUT2D eigenvalue weighted by atomic mass is 10.1. The second-order valence-electron chi connectivity index (χ2n) is 6.42. The van der Waals surface area contributed by atoms with E-state index < -0.39 is 10.0 Å². The van der Waals surface area contributed by atoms with Crippen molar-refractivity contribution in [3.05, 3.63) is 0 Å². The molecule has 2 heterocycles. The van der Waals surface area contributed by atoms with Gasteiger partial charge in [0.25, 0.3) is 0 Å². The van der Waals surface area contributed by atoms with Gasteiger partial charge in [0.05, 0.1) is 12.3 Å². The van der Waals surface area contributed by atoms with Crippen molar-refractivity contribution in [3.63, 3.8) is 0 Å².